The number of aryl methyl sites for hydroxylation is 3. The first-order valence-corrected chi connectivity index (χ1v) is 6.81. The second-order valence-corrected chi connectivity index (χ2v) is 5.35. The van der Waals surface area contributed by atoms with Gasteiger partial charge in [-0.3, -0.25) is 0 Å². The van der Waals surface area contributed by atoms with Gasteiger partial charge in [0.25, 0.3) is 0 Å². The minimum Gasteiger partial charge on any atom is -0.464 e. The zero-order valence-corrected chi connectivity index (χ0v) is 11.8. The van der Waals surface area contributed by atoms with Gasteiger partial charge < -0.3 is 10.5 Å². The van der Waals surface area contributed by atoms with Gasteiger partial charge in [0.1, 0.15) is 5.00 Å². The van der Waals surface area contributed by atoms with Crippen molar-refractivity contribution in [3.63, 3.8) is 0 Å². The van der Waals surface area contributed by atoms with E-state index < -0.39 is 5.97 Å². The molecule has 2 N–H and O–H groups in total. The third kappa shape index (κ3) is 3.12. The van der Waals surface area contributed by atoms with Crippen LogP contribution < -0.4 is 5.73 Å². The Labute approximate surface area is 116 Å². The van der Waals surface area contributed by atoms with Gasteiger partial charge in [0.2, 0.25) is 0 Å². The maximum absolute atomic E-state index is 11.4. The van der Waals surface area contributed by atoms with Crippen LogP contribution in [0, 0.1) is 6.92 Å². The minimum atomic E-state index is -0.476. The average molecular weight is 276 g/mol. The van der Waals surface area contributed by atoms with Gasteiger partial charge in [0.15, 0.2) is 5.69 Å². The summed E-state index contributed by atoms with van der Waals surface area (Å²) in [6.45, 7) is 2.09. The number of aromatic nitrogens is 1. The SMILES string of the molecule is COC(=O)c1nc(CCc2ccccc2C)sc1N. The van der Waals surface area contributed by atoms with Crippen molar-refractivity contribution in [2.24, 2.45) is 0 Å². The fraction of sp³-hybridized carbons (Fsp3) is 0.286. The summed E-state index contributed by atoms with van der Waals surface area (Å²) in [6, 6.07) is 8.24. The molecule has 0 aliphatic heterocycles. The Hall–Kier alpha value is -1.88. The van der Waals surface area contributed by atoms with E-state index in [2.05, 4.69) is 28.8 Å². The molecule has 0 fully saturated rings. The summed E-state index contributed by atoms with van der Waals surface area (Å²) in [4.78, 5) is 15.7. The van der Waals surface area contributed by atoms with E-state index in [9.17, 15) is 4.79 Å². The van der Waals surface area contributed by atoms with Crippen LogP contribution in [0.4, 0.5) is 5.00 Å². The molecule has 0 atom stereocenters. The molecule has 0 radical (unpaired) electrons. The lowest BCUT2D eigenvalue weighted by atomic mass is 10.0. The third-order valence-electron chi connectivity index (χ3n) is 2.95. The summed E-state index contributed by atoms with van der Waals surface area (Å²) in [5.41, 5.74) is 8.55. The highest BCUT2D eigenvalue weighted by Crippen LogP contribution is 2.23. The van der Waals surface area contributed by atoms with E-state index >= 15 is 0 Å². The summed E-state index contributed by atoms with van der Waals surface area (Å²) >= 11 is 1.35. The van der Waals surface area contributed by atoms with E-state index in [0.29, 0.717) is 5.00 Å². The molecule has 1 heterocycles. The van der Waals surface area contributed by atoms with Crippen LogP contribution in [0.15, 0.2) is 24.3 Å². The summed E-state index contributed by atoms with van der Waals surface area (Å²) in [5, 5.41) is 1.28. The lowest BCUT2D eigenvalue weighted by Crippen LogP contribution is -2.04. The number of esters is 1. The number of hydrogen-bond acceptors (Lipinski definition) is 5. The maximum atomic E-state index is 11.4. The van der Waals surface area contributed by atoms with E-state index in [4.69, 9.17) is 5.73 Å². The van der Waals surface area contributed by atoms with E-state index in [0.717, 1.165) is 17.8 Å². The number of methoxy groups -OCH3 is 1. The molecule has 0 saturated carbocycles. The molecular weight excluding hydrogens is 260 g/mol. The molecule has 1 aromatic carbocycles. The first-order valence-electron chi connectivity index (χ1n) is 6.00. The second-order valence-electron chi connectivity index (χ2n) is 4.24. The number of hydrogen-bond donors (Lipinski definition) is 1. The van der Waals surface area contributed by atoms with Gasteiger partial charge in [-0.25, -0.2) is 9.78 Å². The van der Waals surface area contributed by atoms with Crippen LogP contribution in [-0.2, 0) is 17.6 Å². The largest absolute Gasteiger partial charge is 0.464 e. The molecule has 1 aromatic heterocycles. The molecule has 2 aromatic rings. The first kappa shape index (κ1) is 13.5. The van der Waals surface area contributed by atoms with E-state index in [1.165, 1.54) is 29.6 Å². The quantitative estimate of drug-likeness (QED) is 0.872. The van der Waals surface area contributed by atoms with Crippen LogP contribution in [0.25, 0.3) is 0 Å². The topological polar surface area (TPSA) is 65.2 Å². The van der Waals surface area contributed by atoms with Crippen molar-refractivity contribution in [2.45, 2.75) is 19.8 Å². The molecule has 0 aliphatic carbocycles. The van der Waals surface area contributed by atoms with E-state index in [-0.39, 0.29) is 5.69 Å². The molecule has 100 valence electrons. The van der Waals surface area contributed by atoms with Crippen molar-refractivity contribution in [2.75, 3.05) is 12.8 Å². The number of nitrogen functional groups attached to an aromatic ring is 1. The predicted molar refractivity (Wildman–Crippen MR) is 76.5 cm³/mol. The van der Waals surface area contributed by atoms with Crippen molar-refractivity contribution in [1.82, 2.24) is 4.98 Å². The summed E-state index contributed by atoms with van der Waals surface area (Å²) in [5.74, 6) is -0.476. The number of thiazole rings is 1. The Balaban J connectivity index is 2.09. The molecule has 0 spiro atoms. The molecule has 19 heavy (non-hydrogen) atoms. The van der Waals surface area contributed by atoms with Gasteiger partial charge in [0.05, 0.1) is 12.1 Å². The number of anilines is 1. The van der Waals surface area contributed by atoms with Gasteiger partial charge in [-0.1, -0.05) is 24.3 Å². The van der Waals surface area contributed by atoms with Crippen LogP contribution in [0.1, 0.15) is 26.6 Å². The molecule has 0 saturated heterocycles. The lowest BCUT2D eigenvalue weighted by Gasteiger charge is -2.03. The summed E-state index contributed by atoms with van der Waals surface area (Å²) < 4.78 is 4.64. The number of ether oxygens (including phenoxy) is 1. The number of nitrogens with two attached hydrogens (primary N) is 1. The normalized spacial score (nSPS) is 10.4. The molecule has 0 aliphatic rings. The Bertz CT molecular complexity index is 593. The average Bonchev–Trinajstić information content (AvgIpc) is 2.78. The van der Waals surface area contributed by atoms with Crippen molar-refractivity contribution in [3.05, 3.63) is 46.1 Å². The van der Waals surface area contributed by atoms with Crippen molar-refractivity contribution < 1.29 is 9.53 Å². The van der Waals surface area contributed by atoms with Crippen LogP contribution in [0.5, 0.6) is 0 Å². The number of benzene rings is 1. The number of rotatable bonds is 4. The molecule has 5 heteroatoms. The third-order valence-corrected chi connectivity index (χ3v) is 3.89. The van der Waals surface area contributed by atoms with Crippen molar-refractivity contribution in [3.8, 4) is 0 Å². The summed E-state index contributed by atoms with van der Waals surface area (Å²) in [7, 11) is 1.33. The van der Waals surface area contributed by atoms with Gasteiger partial charge >= 0.3 is 5.97 Å². The van der Waals surface area contributed by atoms with Crippen LogP contribution in [0.2, 0.25) is 0 Å². The smallest absolute Gasteiger partial charge is 0.359 e. The zero-order chi connectivity index (χ0) is 13.8. The van der Waals surface area contributed by atoms with Gasteiger partial charge in [-0.2, -0.15) is 0 Å². The molecule has 0 amide bonds. The Morgan fingerprint density at radius 2 is 2.11 bits per heavy atom. The lowest BCUT2D eigenvalue weighted by molar-refractivity contribution is 0.0596. The fourth-order valence-corrected chi connectivity index (χ4v) is 2.68. The predicted octanol–water partition coefficient (Wildman–Crippen LogP) is 2.61. The standard InChI is InChI=1S/C14H16N2O2S/c1-9-5-3-4-6-10(9)7-8-11-16-12(13(15)19-11)14(17)18-2/h3-6H,7-8,15H2,1-2H3. The summed E-state index contributed by atoms with van der Waals surface area (Å²) in [6.07, 6.45) is 1.66. The van der Waals surface area contributed by atoms with Crippen LogP contribution in [-0.4, -0.2) is 18.1 Å². The number of carbonyl (C=O) groups excluding carboxylic acids is 1. The Morgan fingerprint density at radius 3 is 2.79 bits per heavy atom. The highest BCUT2D eigenvalue weighted by molar-refractivity contribution is 7.15. The van der Waals surface area contributed by atoms with Crippen LogP contribution >= 0.6 is 11.3 Å². The van der Waals surface area contributed by atoms with Crippen LogP contribution in [0.3, 0.4) is 0 Å². The van der Waals surface area contributed by atoms with Gasteiger partial charge in [-0.05, 0) is 24.5 Å². The monoisotopic (exact) mass is 276 g/mol. The Kier molecular flexibility index (Phi) is 4.16. The minimum absolute atomic E-state index is 0.229. The second kappa shape index (κ2) is 5.84. The van der Waals surface area contributed by atoms with E-state index in [1.54, 1.807) is 0 Å². The molecule has 2 rings (SSSR count). The van der Waals surface area contributed by atoms with Crippen molar-refractivity contribution in [1.29, 1.82) is 0 Å². The van der Waals surface area contributed by atoms with Gasteiger partial charge in [-0.15, -0.1) is 11.3 Å². The number of nitrogens with zero attached hydrogens (tertiary/aromatic N) is 1. The van der Waals surface area contributed by atoms with E-state index in [1.807, 2.05) is 12.1 Å². The van der Waals surface area contributed by atoms with Crippen molar-refractivity contribution >= 4 is 22.3 Å². The Morgan fingerprint density at radius 1 is 1.37 bits per heavy atom. The number of carbonyl (C=O) groups is 1. The zero-order valence-electron chi connectivity index (χ0n) is 11.0. The molecule has 4 nitrogen and oxygen atoms in total. The maximum Gasteiger partial charge on any atom is 0.359 e. The molecule has 0 unspecified atom stereocenters. The molecule has 0 bridgehead atoms. The molecular formula is C14H16N2O2S. The highest BCUT2D eigenvalue weighted by atomic mass is 32.1. The fourth-order valence-electron chi connectivity index (χ4n) is 1.86. The first-order chi connectivity index (χ1) is 9.11. The van der Waals surface area contributed by atoms with Gasteiger partial charge in [0, 0.05) is 6.42 Å². The highest BCUT2D eigenvalue weighted by Gasteiger charge is 2.16.